The van der Waals surface area contributed by atoms with E-state index in [4.69, 9.17) is 24.5 Å². The van der Waals surface area contributed by atoms with Gasteiger partial charge in [-0.05, 0) is 33.8 Å². The summed E-state index contributed by atoms with van der Waals surface area (Å²) in [7, 11) is 2.70. The Morgan fingerprint density at radius 3 is 2.10 bits per heavy atom. The van der Waals surface area contributed by atoms with Gasteiger partial charge in [0.15, 0.2) is 0 Å². The fourth-order valence-electron chi connectivity index (χ4n) is 2.28. The molecule has 1 aromatic carbocycles. The molecule has 1 heterocycles. The zero-order valence-electron chi connectivity index (χ0n) is 13.6. The van der Waals surface area contributed by atoms with Gasteiger partial charge < -0.3 is 24.5 Å². The Morgan fingerprint density at radius 1 is 1.05 bits per heavy atom. The van der Waals surface area contributed by atoms with Crippen LogP contribution in [0.25, 0.3) is 0 Å². The lowest BCUT2D eigenvalue weighted by Gasteiger charge is -2.32. The van der Waals surface area contributed by atoms with Crippen molar-refractivity contribution in [1.82, 2.24) is 0 Å². The van der Waals surface area contributed by atoms with E-state index in [1.54, 1.807) is 20.3 Å². The van der Waals surface area contributed by atoms with Crippen LogP contribution in [0, 0.1) is 0 Å². The molecule has 1 atom stereocenters. The number of nitrogens with two attached hydrogens (primary N) is 1. The van der Waals surface area contributed by atoms with Gasteiger partial charge in [0.1, 0.15) is 11.5 Å². The normalized spacial score (nSPS) is 21.2. The number of hydrogen-bond donors (Lipinski definition) is 1. The number of methoxy groups -OCH3 is 2. The Bertz CT molecular complexity index is 502. The molecule has 1 aliphatic rings. The maximum absolute atomic E-state index is 6.34. The van der Waals surface area contributed by atoms with Crippen LogP contribution < -0.4 is 15.2 Å². The molecular formula is C15H24BNO4. The molecule has 0 spiro atoms. The third-order valence-corrected chi connectivity index (χ3v) is 4.36. The first-order chi connectivity index (χ1) is 9.71. The van der Waals surface area contributed by atoms with Crippen LogP contribution in [0.1, 0.15) is 39.2 Å². The Balaban J connectivity index is 2.27. The fraction of sp³-hybridized carbons (Fsp3) is 0.600. The van der Waals surface area contributed by atoms with E-state index in [1.165, 1.54) is 0 Å². The molecule has 0 aromatic heterocycles. The van der Waals surface area contributed by atoms with Crippen molar-refractivity contribution in [1.29, 1.82) is 0 Å². The van der Waals surface area contributed by atoms with E-state index in [9.17, 15) is 0 Å². The monoisotopic (exact) mass is 293 g/mol. The van der Waals surface area contributed by atoms with Crippen molar-refractivity contribution in [3.63, 3.8) is 0 Å². The van der Waals surface area contributed by atoms with E-state index in [0.717, 1.165) is 11.3 Å². The molecule has 0 radical (unpaired) electrons. The second-order valence-electron chi connectivity index (χ2n) is 6.26. The predicted molar refractivity (Wildman–Crippen MR) is 82.6 cm³/mol. The van der Waals surface area contributed by atoms with Crippen molar-refractivity contribution in [2.24, 2.45) is 5.73 Å². The molecule has 2 N–H and O–H groups in total. The summed E-state index contributed by atoms with van der Waals surface area (Å²) >= 11 is 0. The van der Waals surface area contributed by atoms with E-state index in [1.807, 2.05) is 39.8 Å². The van der Waals surface area contributed by atoms with Gasteiger partial charge in [-0.15, -0.1) is 0 Å². The van der Waals surface area contributed by atoms with Gasteiger partial charge in [0, 0.05) is 11.6 Å². The van der Waals surface area contributed by atoms with Crippen LogP contribution in [0.3, 0.4) is 0 Å². The van der Waals surface area contributed by atoms with Crippen LogP contribution in [-0.2, 0) is 9.31 Å². The van der Waals surface area contributed by atoms with Crippen LogP contribution in [0.4, 0.5) is 0 Å². The summed E-state index contributed by atoms with van der Waals surface area (Å²) in [6.07, 6.45) is 0. The van der Waals surface area contributed by atoms with Crippen LogP contribution in [0.2, 0.25) is 0 Å². The molecule has 21 heavy (non-hydrogen) atoms. The highest BCUT2D eigenvalue weighted by Crippen LogP contribution is 2.41. The molecule has 1 aliphatic heterocycles. The third kappa shape index (κ3) is 2.88. The van der Waals surface area contributed by atoms with Crippen LogP contribution in [0.5, 0.6) is 11.5 Å². The van der Waals surface area contributed by atoms with Crippen molar-refractivity contribution in [2.45, 2.75) is 44.8 Å². The summed E-state index contributed by atoms with van der Waals surface area (Å²) in [6, 6.07) is 5.54. The average molecular weight is 293 g/mol. The van der Waals surface area contributed by atoms with Crippen molar-refractivity contribution in [3.8, 4) is 11.5 Å². The van der Waals surface area contributed by atoms with Gasteiger partial charge >= 0.3 is 7.12 Å². The van der Waals surface area contributed by atoms with E-state index >= 15 is 0 Å². The van der Waals surface area contributed by atoms with Crippen LogP contribution in [0.15, 0.2) is 18.2 Å². The Kier molecular flexibility index (Phi) is 4.24. The summed E-state index contributed by atoms with van der Waals surface area (Å²) in [5.41, 5.74) is 6.35. The minimum absolute atomic E-state index is 0.408. The lowest BCUT2D eigenvalue weighted by Crippen LogP contribution is -2.41. The van der Waals surface area contributed by atoms with Gasteiger partial charge in [-0.25, -0.2) is 0 Å². The number of hydrogen-bond acceptors (Lipinski definition) is 5. The first kappa shape index (κ1) is 16.1. The minimum atomic E-state index is -0.516. The van der Waals surface area contributed by atoms with E-state index < -0.39 is 24.3 Å². The maximum Gasteiger partial charge on any atom is 0.480 e. The molecule has 6 heteroatoms. The SMILES string of the molecule is COc1ccc([C@@H](N)B2OC(C)(C)C(C)(C)O2)c(OC)c1. The second kappa shape index (κ2) is 5.52. The third-order valence-electron chi connectivity index (χ3n) is 4.36. The molecule has 5 nitrogen and oxygen atoms in total. The molecule has 116 valence electrons. The standard InChI is InChI=1S/C15H24BNO4/c1-14(2)15(3,4)21-16(20-14)13(17)11-8-7-10(18-5)9-12(11)19-6/h7-9,13H,17H2,1-6H3/t13-/m1/s1. The summed E-state index contributed by atoms with van der Waals surface area (Å²) in [6.45, 7) is 8.02. The average Bonchev–Trinajstić information content (AvgIpc) is 2.66. The quantitative estimate of drug-likeness (QED) is 0.863. The maximum atomic E-state index is 6.34. The molecule has 2 rings (SSSR count). The van der Waals surface area contributed by atoms with Gasteiger partial charge in [0.05, 0.1) is 31.4 Å². The number of rotatable bonds is 4. The first-order valence-electron chi connectivity index (χ1n) is 7.05. The zero-order chi connectivity index (χ0) is 15.8. The first-order valence-corrected chi connectivity index (χ1v) is 7.05. The van der Waals surface area contributed by atoms with Gasteiger partial charge in [0.2, 0.25) is 0 Å². The van der Waals surface area contributed by atoms with E-state index in [-0.39, 0.29) is 0 Å². The topological polar surface area (TPSA) is 62.9 Å². The summed E-state index contributed by atoms with van der Waals surface area (Å²) < 4.78 is 22.6. The van der Waals surface area contributed by atoms with Gasteiger partial charge in [-0.1, -0.05) is 6.07 Å². The van der Waals surface area contributed by atoms with Crippen molar-refractivity contribution in [2.75, 3.05) is 14.2 Å². The van der Waals surface area contributed by atoms with Crippen molar-refractivity contribution < 1.29 is 18.8 Å². The highest BCUT2D eigenvalue weighted by atomic mass is 16.7. The van der Waals surface area contributed by atoms with Crippen LogP contribution in [-0.4, -0.2) is 32.5 Å². The molecule has 1 fully saturated rings. The second-order valence-corrected chi connectivity index (χ2v) is 6.26. The Labute approximate surface area is 126 Å². The fourth-order valence-corrected chi connectivity index (χ4v) is 2.28. The Hall–Kier alpha value is -1.24. The van der Waals surface area contributed by atoms with Crippen molar-refractivity contribution >= 4 is 7.12 Å². The van der Waals surface area contributed by atoms with Crippen LogP contribution >= 0.6 is 0 Å². The van der Waals surface area contributed by atoms with E-state index in [0.29, 0.717) is 5.75 Å². The zero-order valence-corrected chi connectivity index (χ0v) is 13.6. The lowest BCUT2D eigenvalue weighted by molar-refractivity contribution is 0.00578. The molecule has 0 bridgehead atoms. The molecule has 0 amide bonds. The smallest absolute Gasteiger partial charge is 0.480 e. The van der Waals surface area contributed by atoms with Gasteiger partial charge in [0.25, 0.3) is 0 Å². The number of benzene rings is 1. The lowest BCUT2D eigenvalue weighted by atomic mass is 9.74. The highest BCUT2D eigenvalue weighted by molar-refractivity contribution is 6.47. The van der Waals surface area contributed by atoms with E-state index in [2.05, 4.69) is 0 Å². The predicted octanol–water partition coefficient (Wildman–Crippen LogP) is 2.33. The largest absolute Gasteiger partial charge is 0.497 e. The van der Waals surface area contributed by atoms with Gasteiger partial charge in [-0.3, -0.25) is 0 Å². The molecule has 1 aromatic rings. The number of ether oxygens (including phenoxy) is 2. The highest BCUT2D eigenvalue weighted by Gasteiger charge is 2.53. The van der Waals surface area contributed by atoms with Gasteiger partial charge in [-0.2, -0.15) is 0 Å². The van der Waals surface area contributed by atoms with Crippen molar-refractivity contribution in [3.05, 3.63) is 23.8 Å². The molecular weight excluding hydrogens is 269 g/mol. The molecule has 0 saturated carbocycles. The summed E-state index contributed by atoms with van der Waals surface area (Å²) in [5, 5.41) is 0. The molecule has 1 saturated heterocycles. The Morgan fingerprint density at radius 2 is 1.62 bits per heavy atom. The minimum Gasteiger partial charge on any atom is -0.497 e. The molecule has 0 unspecified atom stereocenters. The summed E-state index contributed by atoms with van der Waals surface area (Å²) in [4.78, 5) is 0. The molecule has 0 aliphatic carbocycles. The summed E-state index contributed by atoms with van der Waals surface area (Å²) in [5.74, 6) is 0.945.